The number of phenolic OH excluding ortho intramolecular Hbond substituents is 1. The fourth-order valence-corrected chi connectivity index (χ4v) is 2.51. The Morgan fingerprint density at radius 2 is 1.70 bits per heavy atom. The van der Waals surface area contributed by atoms with Crippen molar-refractivity contribution in [1.29, 1.82) is 0 Å². The van der Waals surface area contributed by atoms with E-state index in [4.69, 9.17) is 14.2 Å². The van der Waals surface area contributed by atoms with Gasteiger partial charge in [0.15, 0.2) is 18.1 Å². The Morgan fingerprint density at radius 3 is 2.40 bits per heavy atom. The zero-order chi connectivity index (χ0) is 21.2. The lowest BCUT2D eigenvalue weighted by Crippen LogP contribution is -2.24. The molecule has 0 aromatic heterocycles. The molecule has 0 heterocycles. The molecule has 7 nitrogen and oxygen atoms in total. The van der Waals surface area contributed by atoms with Crippen LogP contribution in [-0.4, -0.2) is 30.9 Å². The topological polar surface area (TPSA) is 89.4 Å². The van der Waals surface area contributed by atoms with Crippen LogP contribution >= 0.6 is 0 Å². The summed E-state index contributed by atoms with van der Waals surface area (Å²) >= 11 is 0. The lowest BCUT2D eigenvalue weighted by Gasteiger charge is -2.08. The number of nitrogens with one attached hydrogen (secondary N) is 1. The number of ether oxygens (including phenoxy) is 3. The summed E-state index contributed by atoms with van der Waals surface area (Å²) in [7, 11) is 1.46. The van der Waals surface area contributed by atoms with E-state index >= 15 is 0 Å². The second-order valence-electron chi connectivity index (χ2n) is 6.26. The van der Waals surface area contributed by atoms with E-state index in [0.29, 0.717) is 29.4 Å². The summed E-state index contributed by atoms with van der Waals surface area (Å²) in [6.45, 7) is 0.300. The van der Waals surface area contributed by atoms with Crippen LogP contribution in [0.1, 0.15) is 11.1 Å². The molecule has 0 saturated carbocycles. The largest absolute Gasteiger partial charge is 0.504 e. The normalized spacial score (nSPS) is 10.6. The number of carbonyl (C=O) groups excluding carboxylic acids is 1. The third-order valence-corrected chi connectivity index (χ3v) is 4.05. The smallest absolute Gasteiger partial charge is 0.277 e. The standard InChI is InChI=1S/C23H22N2O5/c1-28-22-13-18(7-12-21(22)26)14-24-25-23(27)16-30-20-10-8-19(9-11-20)29-15-17-5-3-2-4-6-17/h2-14,26H,15-16H2,1H3,(H,25,27)/b24-14+. The molecule has 0 bridgehead atoms. The zero-order valence-electron chi connectivity index (χ0n) is 16.4. The molecule has 0 fully saturated rings. The van der Waals surface area contributed by atoms with E-state index in [1.165, 1.54) is 19.4 Å². The molecule has 7 heteroatoms. The first kappa shape index (κ1) is 20.7. The Balaban J connectivity index is 1.42. The molecule has 3 rings (SSSR count). The number of methoxy groups -OCH3 is 1. The van der Waals surface area contributed by atoms with Crippen molar-refractivity contribution in [1.82, 2.24) is 5.43 Å². The first-order chi connectivity index (χ1) is 14.6. The van der Waals surface area contributed by atoms with Crippen LogP contribution < -0.4 is 19.6 Å². The van der Waals surface area contributed by atoms with E-state index in [-0.39, 0.29) is 12.4 Å². The first-order valence-electron chi connectivity index (χ1n) is 9.22. The molecule has 154 valence electrons. The summed E-state index contributed by atoms with van der Waals surface area (Å²) in [5.74, 6) is 1.21. The Morgan fingerprint density at radius 1 is 1.00 bits per heavy atom. The van der Waals surface area contributed by atoms with Gasteiger partial charge in [0.2, 0.25) is 0 Å². The summed E-state index contributed by atoms with van der Waals surface area (Å²) in [6.07, 6.45) is 1.44. The molecule has 0 saturated heterocycles. The zero-order valence-corrected chi connectivity index (χ0v) is 16.4. The van der Waals surface area contributed by atoms with Gasteiger partial charge in [-0.25, -0.2) is 5.43 Å². The van der Waals surface area contributed by atoms with Gasteiger partial charge >= 0.3 is 0 Å². The molecule has 2 N–H and O–H groups in total. The monoisotopic (exact) mass is 406 g/mol. The number of phenols is 1. The van der Waals surface area contributed by atoms with Crippen LogP contribution in [0.25, 0.3) is 0 Å². The van der Waals surface area contributed by atoms with Crippen molar-refractivity contribution in [3.63, 3.8) is 0 Å². The van der Waals surface area contributed by atoms with E-state index < -0.39 is 5.91 Å². The maximum atomic E-state index is 11.9. The Bertz CT molecular complexity index is 988. The Hall–Kier alpha value is -4.00. The van der Waals surface area contributed by atoms with Crippen LogP contribution in [-0.2, 0) is 11.4 Å². The number of aromatic hydroxyl groups is 1. The van der Waals surface area contributed by atoms with Gasteiger partial charge < -0.3 is 19.3 Å². The molecule has 0 aliphatic carbocycles. The molecule has 0 unspecified atom stereocenters. The van der Waals surface area contributed by atoms with Crippen molar-refractivity contribution >= 4 is 12.1 Å². The van der Waals surface area contributed by atoms with Crippen molar-refractivity contribution in [3.05, 3.63) is 83.9 Å². The molecule has 0 radical (unpaired) electrons. The Labute approximate surface area is 174 Å². The van der Waals surface area contributed by atoms with E-state index in [1.54, 1.807) is 36.4 Å². The van der Waals surface area contributed by atoms with Gasteiger partial charge in [-0.05, 0) is 53.6 Å². The van der Waals surface area contributed by atoms with Gasteiger partial charge in [-0.2, -0.15) is 5.10 Å². The van der Waals surface area contributed by atoms with Crippen molar-refractivity contribution in [2.45, 2.75) is 6.61 Å². The molecule has 3 aromatic carbocycles. The minimum atomic E-state index is -0.401. The molecule has 1 amide bonds. The van der Waals surface area contributed by atoms with Gasteiger partial charge in [0.25, 0.3) is 5.91 Å². The van der Waals surface area contributed by atoms with Crippen LogP contribution in [0.4, 0.5) is 0 Å². The maximum Gasteiger partial charge on any atom is 0.277 e. The van der Waals surface area contributed by atoms with Crippen LogP contribution in [0.3, 0.4) is 0 Å². The van der Waals surface area contributed by atoms with Crippen LogP contribution in [0.5, 0.6) is 23.0 Å². The molecule has 3 aromatic rings. The molecule has 0 atom stereocenters. The van der Waals surface area contributed by atoms with Crippen LogP contribution in [0.15, 0.2) is 77.9 Å². The number of benzene rings is 3. The van der Waals surface area contributed by atoms with E-state index in [0.717, 1.165) is 5.56 Å². The lowest BCUT2D eigenvalue weighted by molar-refractivity contribution is -0.123. The highest BCUT2D eigenvalue weighted by Crippen LogP contribution is 2.25. The summed E-state index contributed by atoms with van der Waals surface area (Å²) in [4.78, 5) is 11.9. The van der Waals surface area contributed by atoms with E-state index in [1.807, 2.05) is 30.3 Å². The first-order valence-corrected chi connectivity index (χ1v) is 9.22. The second-order valence-corrected chi connectivity index (χ2v) is 6.26. The molecule has 0 aliphatic heterocycles. The highest BCUT2D eigenvalue weighted by Gasteiger charge is 2.04. The third kappa shape index (κ3) is 6.27. The third-order valence-electron chi connectivity index (χ3n) is 4.05. The molecule has 0 aliphatic rings. The van der Waals surface area contributed by atoms with Gasteiger partial charge in [-0.15, -0.1) is 0 Å². The number of hydrogen-bond acceptors (Lipinski definition) is 6. The van der Waals surface area contributed by atoms with Crippen molar-refractivity contribution in [2.24, 2.45) is 5.10 Å². The number of hydrazone groups is 1. The van der Waals surface area contributed by atoms with Gasteiger partial charge in [-0.3, -0.25) is 4.79 Å². The summed E-state index contributed by atoms with van der Waals surface area (Å²) in [6, 6.07) is 21.7. The quantitative estimate of drug-likeness (QED) is 0.419. The van der Waals surface area contributed by atoms with Crippen molar-refractivity contribution in [3.8, 4) is 23.0 Å². The summed E-state index contributed by atoms with van der Waals surface area (Å²) < 4.78 is 16.2. The highest BCUT2D eigenvalue weighted by molar-refractivity contribution is 5.83. The molecule has 0 spiro atoms. The summed E-state index contributed by atoms with van der Waals surface area (Å²) in [5.41, 5.74) is 4.13. The molecular formula is C23H22N2O5. The van der Waals surface area contributed by atoms with Crippen molar-refractivity contribution < 1.29 is 24.1 Å². The highest BCUT2D eigenvalue weighted by atomic mass is 16.5. The van der Waals surface area contributed by atoms with Gasteiger partial charge in [0, 0.05) is 0 Å². The number of carbonyl (C=O) groups is 1. The fourth-order valence-electron chi connectivity index (χ4n) is 2.51. The lowest BCUT2D eigenvalue weighted by atomic mass is 10.2. The molecule has 30 heavy (non-hydrogen) atoms. The predicted molar refractivity (Wildman–Crippen MR) is 113 cm³/mol. The fraction of sp³-hybridized carbons (Fsp3) is 0.130. The van der Waals surface area contributed by atoms with Crippen molar-refractivity contribution in [2.75, 3.05) is 13.7 Å². The SMILES string of the molecule is COc1cc(/C=N/NC(=O)COc2ccc(OCc3ccccc3)cc2)ccc1O. The van der Waals surface area contributed by atoms with Gasteiger partial charge in [-0.1, -0.05) is 30.3 Å². The second kappa shape index (κ2) is 10.5. The molecular weight excluding hydrogens is 384 g/mol. The minimum Gasteiger partial charge on any atom is -0.504 e. The van der Waals surface area contributed by atoms with Gasteiger partial charge in [0.05, 0.1) is 13.3 Å². The van der Waals surface area contributed by atoms with Gasteiger partial charge in [0.1, 0.15) is 18.1 Å². The average molecular weight is 406 g/mol. The van der Waals surface area contributed by atoms with E-state index in [2.05, 4.69) is 10.5 Å². The number of hydrogen-bond donors (Lipinski definition) is 2. The minimum absolute atomic E-state index is 0.0311. The van der Waals surface area contributed by atoms with Crippen LogP contribution in [0.2, 0.25) is 0 Å². The number of rotatable bonds is 9. The number of nitrogens with zero attached hydrogens (tertiary/aromatic N) is 1. The maximum absolute atomic E-state index is 11.9. The van der Waals surface area contributed by atoms with Crippen LogP contribution in [0, 0.1) is 0 Å². The van der Waals surface area contributed by atoms with E-state index in [9.17, 15) is 9.90 Å². The Kier molecular flexibility index (Phi) is 7.27. The average Bonchev–Trinajstić information content (AvgIpc) is 2.79. The number of amides is 1. The summed E-state index contributed by atoms with van der Waals surface area (Å²) in [5, 5.41) is 13.4. The predicted octanol–water partition coefficient (Wildman–Crippen LogP) is 3.51.